The second-order valence-corrected chi connectivity index (χ2v) is 3.45. The standard InChI is InChI=1S/C4H9NO2S/c1-3-4(2)8(5,6)7/h3-4H,1H2,2H3,(H2,5,6,7)/t4-/m1/s1. The highest BCUT2D eigenvalue weighted by Crippen LogP contribution is 1.92. The van der Waals surface area contributed by atoms with E-state index in [-0.39, 0.29) is 0 Å². The third-order valence-electron chi connectivity index (χ3n) is 0.850. The van der Waals surface area contributed by atoms with E-state index in [1.165, 1.54) is 13.0 Å². The average molecular weight is 135 g/mol. The fourth-order valence-corrected chi connectivity index (χ4v) is 0.402. The van der Waals surface area contributed by atoms with Crippen molar-refractivity contribution in [2.75, 3.05) is 0 Å². The van der Waals surface area contributed by atoms with E-state index in [4.69, 9.17) is 5.14 Å². The maximum absolute atomic E-state index is 10.3. The van der Waals surface area contributed by atoms with Gasteiger partial charge in [-0.05, 0) is 6.92 Å². The van der Waals surface area contributed by atoms with Crippen molar-refractivity contribution in [1.29, 1.82) is 0 Å². The molecule has 0 aromatic carbocycles. The quantitative estimate of drug-likeness (QED) is 0.535. The molecular formula is C4H9NO2S. The summed E-state index contributed by atoms with van der Waals surface area (Å²) in [5.41, 5.74) is 0. The van der Waals surface area contributed by atoms with Crippen molar-refractivity contribution in [3.63, 3.8) is 0 Å². The fourth-order valence-electron chi connectivity index (χ4n) is 0.134. The smallest absolute Gasteiger partial charge is 0.215 e. The van der Waals surface area contributed by atoms with Crippen LogP contribution in [0.4, 0.5) is 0 Å². The molecular weight excluding hydrogens is 126 g/mol. The highest BCUT2D eigenvalue weighted by atomic mass is 32.2. The first-order valence-electron chi connectivity index (χ1n) is 2.12. The summed E-state index contributed by atoms with van der Waals surface area (Å²) < 4.78 is 20.5. The van der Waals surface area contributed by atoms with E-state index in [1.54, 1.807) is 0 Å². The van der Waals surface area contributed by atoms with E-state index in [2.05, 4.69) is 6.58 Å². The third kappa shape index (κ3) is 2.09. The van der Waals surface area contributed by atoms with Crippen LogP contribution in [-0.4, -0.2) is 13.7 Å². The van der Waals surface area contributed by atoms with Gasteiger partial charge in [-0.3, -0.25) is 0 Å². The second kappa shape index (κ2) is 2.28. The minimum Gasteiger partial charge on any atom is -0.228 e. The highest BCUT2D eigenvalue weighted by Gasteiger charge is 2.08. The van der Waals surface area contributed by atoms with Crippen LogP contribution in [0.2, 0.25) is 0 Å². The SMILES string of the molecule is C=C[C@@H](C)S(N)(=O)=O. The van der Waals surface area contributed by atoms with Crippen molar-refractivity contribution >= 4 is 10.0 Å². The number of sulfonamides is 1. The Kier molecular flexibility index (Phi) is 2.18. The lowest BCUT2D eigenvalue weighted by Gasteiger charge is -1.98. The van der Waals surface area contributed by atoms with Crippen molar-refractivity contribution in [3.8, 4) is 0 Å². The molecule has 4 heteroatoms. The average Bonchev–Trinajstić information content (AvgIpc) is 1.62. The van der Waals surface area contributed by atoms with E-state index in [9.17, 15) is 8.42 Å². The van der Waals surface area contributed by atoms with E-state index in [0.29, 0.717) is 0 Å². The topological polar surface area (TPSA) is 60.2 Å². The van der Waals surface area contributed by atoms with E-state index >= 15 is 0 Å². The van der Waals surface area contributed by atoms with Gasteiger partial charge in [-0.1, -0.05) is 6.08 Å². The Morgan fingerprint density at radius 3 is 2.12 bits per heavy atom. The van der Waals surface area contributed by atoms with Crippen molar-refractivity contribution < 1.29 is 8.42 Å². The van der Waals surface area contributed by atoms with Crippen LogP contribution in [0.25, 0.3) is 0 Å². The lowest BCUT2D eigenvalue weighted by Crippen LogP contribution is -2.23. The van der Waals surface area contributed by atoms with Crippen molar-refractivity contribution in [3.05, 3.63) is 12.7 Å². The molecule has 0 unspecified atom stereocenters. The predicted octanol–water partition coefficient (Wildman–Crippen LogP) is -0.151. The summed E-state index contributed by atoms with van der Waals surface area (Å²) in [6.45, 7) is 4.74. The third-order valence-corrected chi connectivity index (χ3v) is 2.08. The van der Waals surface area contributed by atoms with Crippen molar-refractivity contribution in [1.82, 2.24) is 0 Å². The van der Waals surface area contributed by atoms with Gasteiger partial charge in [0.1, 0.15) is 0 Å². The summed E-state index contributed by atoms with van der Waals surface area (Å²) in [7, 11) is -3.37. The Bertz CT molecular complexity index is 170. The van der Waals surface area contributed by atoms with Crippen LogP contribution >= 0.6 is 0 Å². The van der Waals surface area contributed by atoms with Crippen LogP contribution in [0.5, 0.6) is 0 Å². The minimum atomic E-state index is -3.37. The molecule has 8 heavy (non-hydrogen) atoms. The number of rotatable bonds is 2. The van der Waals surface area contributed by atoms with Gasteiger partial charge in [-0.2, -0.15) is 0 Å². The number of hydrogen-bond acceptors (Lipinski definition) is 2. The first kappa shape index (κ1) is 7.65. The molecule has 48 valence electrons. The van der Waals surface area contributed by atoms with Crippen molar-refractivity contribution in [2.24, 2.45) is 5.14 Å². The largest absolute Gasteiger partial charge is 0.228 e. The Labute approximate surface area is 49.2 Å². The summed E-state index contributed by atoms with van der Waals surface area (Å²) in [4.78, 5) is 0. The van der Waals surface area contributed by atoms with Gasteiger partial charge in [0.25, 0.3) is 0 Å². The monoisotopic (exact) mass is 135 g/mol. The normalized spacial score (nSPS) is 15.2. The molecule has 1 atom stereocenters. The highest BCUT2D eigenvalue weighted by molar-refractivity contribution is 7.89. The summed E-state index contributed by atoms with van der Waals surface area (Å²) in [6, 6.07) is 0. The van der Waals surface area contributed by atoms with Crippen LogP contribution in [0.1, 0.15) is 6.92 Å². The van der Waals surface area contributed by atoms with Gasteiger partial charge in [0.2, 0.25) is 10.0 Å². The molecule has 0 heterocycles. The van der Waals surface area contributed by atoms with Gasteiger partial charge in [0, 0.05) is 0 Å². The lowest BCUT2D eigenvalue weighted by molar-refractivity contribution is 0.593. The van der Waals surface area contributed by atoms with Gasteiger partial charge in [0.05, 0.1) is 5.25 Å². The van der Waals surface area contributed by atoms with Gasteiger partial charge in [-0.25, -0.2) is 13.6 Å². The van der Waals surface area contributed by atoms with E-state index < -0.39 is 15.3 Å². The zero-order valence-electron chi connectivity index (χ0n) is 4.66. The lowest BCUT2D eigenvalue weighted by atomic mass is 10.5. The molecule has 3 nitrogen and oxygen atoms in total. The molecule has 0 aliphatic heterocycles. The van der Waals surface area contributed by atoms with Crippen molar-refractivity contribution in [2.45, 2.75) is 12.2 Å². The van der Waals surface area contributed by atoms with E-state index in [0.717, 1.165) is 0 Å². The summed E-state index contributed by atoms with van der Waals surface area (Å²) >= 11 is 0. The Hall–Kier alpha value is -0.350. The molecule has 0 aromatic heterocycles. The maximum atomic E-state index is 10.3. The van der Waals surface area contributed by atoms with Crippen LogP contribution in [0.15, 0.2) is 12.7 Å². The number of nitrogens with two attached hydrogens (primary N) is 1. The summed E-state index contributed by atoms with van der Waals surface area (Å²) in [6.07, 6.45) is 1.29. The zero-order chi connectivity index (χ0) is 6.78. The molecule has 0 spiro atoms. The molecule has 0 radical (unpaired) electrons. The Morgan fingerprint density at radius 1 is 1.75 bits per heavy atom. The zero-order valence-corrected chi connectivity index (χ0v) is 5.48. The van der Waals surface area contributed by atoms with Gasteiger partial charge in [0.15, 0.2) is 0 Å². The van der Waals surface area contributed by atoms with Gasteiger partial charge < -0.3 is 0 Å². The fraction of sp³-hybridized carbons (Fsp3) is 0.500. The van der Waals surface area contributed by atoms with Crippen LogP contribution in [-0.2, 0) is 10.0 Å². The van der Waals surface area contributed by atoms with Crippen LogP contribution in [0.3, 0.4) is 0 Å². The molecule has 0 bridgehead atoms. The molecule has 0 aliphatic carbocycles. The predicted molar refractivity (Wildman–Crippen MR) is 32.8 cm³/mol. The molecule has 0 saturated heterocycles. The second-order valence-electron chi connectivity index (χ2n) is 1.53. The molecule has 0 aromatic rings. The molecule has 0 fully saturated rings. The number of primary sulfonamides is 1. The maximum Gasteiger partial charge on any atom is 0.215 e. The van der Waals surface area contributed by atoms with Crippen LogP contribution in [0, 0.1) is 0 Å². The van der Waals surface area contributed by atoms with E-state index in [1.807, 2.05) is 0 Å². The Morgan fingerprint density at radius 2 is 2.12 bits per heavy atom. The molecule has 2 N–H and O–H groups in total. The number of hydrogen-bond donors (Lipinski definition) is 1. The first-order valence-corrected chi connectivity index (χ1v) is 3.73. The Balaban J connectivity index is 4.26. The molecule has 0 rings (SSSR count). The van der Waals surface area contributed by atoms with Gasteiger partial charge in [-0.15, -0.1) is 6.58 Å². The van der Waals surface area contributed by atoms with Crippen LogP contribution < -0.4 is 5.14 Å². The first-order chi connectivity index (χ1) is 3.48. The molecule has 0 aliphatic rings. The summed E-state index contributed by atoms with van der Waals surface area (Å²) in [5, 5.41) is 4.05. The molecule has 0 saturated carbocycles. The van der Waals surface area contributed by atoms with Gasteiger partial charge >= 0.3 is 0 Å². The molecule has 0 amide bonds. The minimum absolute atomic E-state index is 0.637. The summed E-state index contributed by atoms with van der Waals surface area (Å²) in [5.74, 6) is 0.